The third kappa shape index (κ3) is 16.9. The average Bonchev–Trinajstić information content (AvgIpc) is 2.57. The molecule has 0 bridgehead atoms. The van der Waals surface area contributed by atoms with Crippen molar-refractivity contribution >= 4 is 30.6 Å². The number of aromatic nitrogens is 1. The van der Waals surface area contributed by atoms with E-state index in [4.69, 9.17) is 15.5 Å². The molecule has 1 aromatic heterocycles. The van der Waals surface area contributed by atoms with Crippen molar-refractivity contribution in [3.8, 4) is 0 Å². The van der Waals surface area contributed by atoms with Crippen molar-refractivity contribution in [2.45, 2.75) is 53.0 Å². The van der Waals surface area contributed by atoms with Gasteiger partial charge in [-0.05, 0) is 31.7 Å². The summed E-state index contributed by atoms with van der Waals surface area (Å²) >= 11 is 1.51. The smallest absolute Gasteiger partial charge is 0.423 e. The average molecular weight is 326 g/mol. The fourth-order valence-corrected chi connectivity index (χ4v) is 1.11. The quantitative estimate of drug-likeness (QED) is 0.451. The molecule has 0 aliphatic rings. The molecule has 0 aliphatic heterocycles. The van der Waals surface area contributed by atoms with E-state index in [1.165, 1.54) is 30.6 Å². The predicted octanol–water partition coefficient (Wildman–Crippen LogP) is 3.53. The van der Waals surface area contributed by atoms with Crippen molar-refractivity contribution in [3.05, 3.63) is 30.0 Å². The fraction of sp³-hybridized carbons (Fsp3) is 0.500. The van der Waals surface area contributed by atoms with Gasteiger partial charge in [-0.25, -0.2) is 0 Å². The molecule has 0 saturated carbocycles. The lowest BCUT2D eigenvalue weighted by Gasteiger charge is -1.98. The number of hydrogen-bond donors (Lipinski definition) is 3. The lowest BCUT2D eigenvalue weighted by atomic mass is 9.82. The number of allylic oxidation sites excluding steroid dienone is 2. The summed E-state index contributed by atoms with van der Waals surface area (Å²) in [5.74, 6) is 0. The second kappa shape index (κ2) is 19.9. The molecule has 126 valence electrons. The molecule has 0 fully saturated rings. The number of pyridine rings is 1. The zero-order valence-corrected chi connectivity index (χ0v) is 15.7. The molecule has 0 aromatic carbocycles. The maximum atomic E-state index is 8.70. The number of nitrogens with one attached hydrogen (secondary N) is 1. The van der Waals surface area contributed by atoms with E-state index < -0.39 is 7.12 Å². The number of hydrogen-bond acceptors (Lipinski definition) is 5. The van der Waals surface area contributed by atoms with Gasteiger partial charge >= 0.3 is 7.12 Å². The zero-order valence-electron chi connectivity index (χ0n) is 14.9. The first kappa shape index (κ1) is 25.8. The second-order valence-corrected chi connectivity index (χ2v) is 4.72. The molecule has 0 radical (unpaired) electrons. The van der Waals surface area contributed by atoms with Crippen molar-refractivity contribution in [2.75, 3.05) is 6.26 Å². The molecule has 22 heavy (non-hydrogen) atoms. The van der Waals surface area contributed by atoms with E-state index >= 15 is 0 Å². The Balaban J connectivity index is -0.000000279. The van der Waals surface area contributed by atoms with Crippen molar-refractivity contribution in [2.24, 2.45) is 0 Å². The summed E-state index contributed by atoms with van der Waals surface area (Å²) in [7, 11) is -1.42. The van der Waals surface area contributed by atoms with Crippen LogP contribution in [0.2, 0.25) is 0 Å². The SMILES string of the molecule is C/C=C(\C)C=N.CC.CCC.CSc1ccc(B(O)O)cn1. The number of rotatable bonds is 3. The van der Waals surface area contributed by atoms with E-state index in [9.17, 15) is 0 Å². The van der Waals surface area contributed by atoms with Gasteiger partial charge in [0.1, 0.15) is 0 Å². The Labute approximate surface area is 140 Å². The van der Waals surface area contributed by atoms with Gasteiger partial charge in [-0.15, -0.1) is 11.8 Å². The molecular weight excluding hydrogens is 295 g/mol. The third-order valence-electron chi connectivity index (χ3n) is 1.95. The first-order valence-corrected chi connectivity index (χ1v) is 8.68. The summed E-state index contributed by atoms with van der Waals surface area (Å²) in [6.07, 6.45) is 7.85. The maximum absolute atomic E-state index is 8.70. The van der Waals surface area contributed by atoms with Gasteiger partial charge in [0.15, 0.2) is 0 Å². The van der Waals surface area contributed by atoms with E-state index in [1.54, 1.807) is 12.1 Å². The van der Waals surface area contributed by atoms with E-state index in [0.29, 0.717) is 5.46 Å². The minimum absolute atomic E-state index is 0.419. The highest BCUT2D eigenvalue weighted by Gasteiger charge is 2.09. The van der Waals surface area contributed by atoms with E-state index in [2.05, 4.69) is 18.8 Å². The lowest BCUT2D eigenvalue weighted by Crippen LogP contribution is -2.29. The largest absolute Gasteiger partial charge is 0.490 e. The van der Waals surface area contributed by atoms with Crippen LogP contribution in [-0.4, -0.2) is 34.6 Å². The lowest BCUT2D eigenvalue weighted by molar-refractivity contribution is 0.425. The Morgan fingerprint density at radius 1 is 1.32 bits per heavy atom. The molecule has 1 heterocycles. The van der Waals surface area contributed by atoms with Crippen LogP contribution in [0.1, 0.15) is 48.0 Å². The molecule has 0 atom stereocenters. The van der Waals surface area contributed by atoms with Gasteiger partial charge in [0.2, 0.25) is 0 Å². The molecule has 0 amide bonds. The monoisotopic (exact) mass is 326 g/mol. The first-order chi connectivity index (χ1) is 10.5. The van der Waals surface area contributed by atoms with Crippen molar-refractivity contribution in [1.82, 2.24) is 4.98 Å². The normalized spacial score (nSPS) is 9.05. The van der Waals surface area contributed by atoms with E-state index in [0.717, 1.165) is 10.6 Å². The molecular formula is C16H31BN2O2S. The maximum Gasteiger partial charge on any atom is 0.490 e. The standard InChI is InChI=1S/C6H8BNO2S.C5H9N.C3H8.C2H6/c1-11-6-3-2-5(4-8-6)7(9)10;1-3-5(2)4-6;1-3-2;1-2/h2-4,9-10H,1H3;3-4,6H,1-2H3;3H2,1-2H3;1-2H3/b;5-3+,6-4?;;. The zero-order chi connectivity index (χ0) is 18.0. The Morgan fingerprint density at radius 2 is 1.82 bits per heavy atom. The molecule has 4 nitrogen and oxygen atoms in total. The van der Waals surface area contributed by atoms with Crippen molar-refractivity contribution in [3.63, 3.8) is 0 Å². The third-order valence-corrected chi connectivity index (χ3v) is 2.61. The summed E-state index contributed by atoms with van der Waals surface area (Å²) in [4.78, 5) is 3.96. The van der Waals surface area contributed by atoms with Crippen molar-refractivity contribution in [1.29, 1.82) is 5.41 Å². The Kier molecular flexibility index (Phi) is 23.4. The highest BCUT2D eigenvalue weighted by atomic mass is 32.2. The van der Waals surface area contributed by atoms with Crippen LogP contribution in [0.3, 0.4) is 0 Å². The van der Waals surface area contributed by atoms with Crippen LogP contribution in [0.4, 0.5) is 0 Å². The molecule has 3 N–H and O–H groups in total. The van der Waals surface area contributed by atoms with Crippen LogP contribution in [0.5, 0.6) is 0 Å². The van der Waals surface area contributed by atoms with Crippen molar-refractivity contribution < 1.29 is 10.0 Å². The Bertz CT molecular complexity index is 382. The summed E-state index contributed by atoms with van der Waals surface area (Å²) in [5, 5.41) is 24.9. The second-order valence-electron chi connectivity index (χ2n) is 3.89. The molecule has 6 heteroatoms. The molecule has 1 rings (SSSR count). The molecule has 1 aromatic rings. The Morgan fingerprint density at radius 3 is 2.00 bits per heavy atom. The van der Waals surface area contributed by atoms with Gasteiger partial charge in [-0.1, -0.05) is 46.3 Å². The van der Waals surface area contributed by atoms with Crippen LogP contribution < -0.4 is 5.46 Å². The number of thioether (sulfide) groups is 1. The van der Waals surface area contributed by atoms with Gasteiger partial charge in [-0.2, -0.15) is 0 Å². The van der Waals surface area contributed by atoms with Crippen LogP contribution in [0.15, 0.2) is 35.0 Å². The number of nitrogens with zero attached hydrogens (tertiary/aromatic N) is 1. The predicted molar refractivity (Wildman–Crippen MR) is 101 cm³/mol. The summed E-state index contributed by atoms with van der Waals surface area (Å²) < 4.78 is 0. The first-order valence-electron chi connectivity index (χ1n) is 7.46. The summed E-state index contributed by atoms with van der Waals surface area (Å²) in [5.41, 5.74) is 1.43. The van der Waals surface area contributed by atoms with Gasteiger partial charge in [-0.3, -0.25) is 4.98 Å². The van der Waals surface area contributed by atoms with Crippen LogP contribution in [0.25, 0.3) is 0 Å². The highest BCUT2D eigenvalue weighted by Crippen LogP contribution is 2.07. The van der Waals surface area contributed by atoms with Crippen LogP contribution in [-0.2, 0) is 0 Å². The molecule has 0 spiro atoms. The highest BCUT2D eigenvalue weighted by molar-refractivity contribution is 7.98. The minimum atomic E-state index is -1.42. The summed E-state index contributed by atoms with van der Waals surface area (Å²) in [6, 6.07) is 3.39. The van der Waals surface area contributed by atoms with Gasteiger partial charge < -0.3 is 15.5 Å². The topological polar surface area (TPSA) is 77.2 Å². The van der Waals surface area contributed by atoms with Gasteiger partial charge in [0, 0.05) is 17.9 Å². The minimum Gasteiger partial charge on any atom is -0.423 e. The molecule has 0 unspecified atom stereocenters. The fourth-order valence-electron chi connectivity index (χ4n) is 0.749. The van der Waals surface area contributed by atoms with E-state index in [1.807, 2.05) is 40.0 Å². The van der Waals surface area contributed by atoms with Crippen LogP contribution >= 0.6 is 11.8 Å². The molecule has 0 saturated heterocycles. The van der Waals surface area contributed by atoms with Gasteiger partial charge in [0.25, 0.3) is 0 Å². The van der Waals surface area contributed by atoms with Crippen LogP contribution in [0, 0.1) is 5.41 Å². The Hall–Kier alpha value is -1.11. The van der Waals surface area contributed by atoms with E-state index in [-0.39, 0.29) is 0 Å². The van der Waals surface area contributed by atoms with Gasteiger partial charge in [0.05, 0.1) is 5.03 Å². The summed E-state index contributed by atoms with van der Waals surface area (Å²) in [6.45, 7) is 12.1. The molecule has 0 aliphatic carbocycles.